The van der Waals surface area contributed by atoms with Gasteiger partial charge in [-0.15, -0.1) is 0 Å². The van der Waals surface area contributed by atoms with E-state index in [1.54, 1.807) is 0 Å². The largest absolute Gasteiger partial charge is 0.313 e. The summed E-state index contributed by atoms with van der Waals surface area (Å²) in [7, 11) is 0. The molecule has 0 saturated heterocycles. The molecule has 0 aliphatic rings. The molecule has 0 saturated carbocycles. The number of nitrogens with one attached hydrogen (secondary N) is 1. The van der Waals surface area contributed by atoms with Crippen LogP contribution in [-0.2, 0) is 13.1 Å². The molecular formula is C15H20ClN3. The van der Waals surface area contributed by atoms with Crippen molar-refractivity contribution in [2.75, 3.05) is 6.54 Å². The minimum atomic E-state index is 0.808. The van der Waals surface area contributed by atoms with Crippen LogP contribution in [0.2, 0.25) is 5.02 Å². The molecule has 0 radical (unpaired) electrons. The number of benzene rings is 1. The Morgan fingerprint density at radius 1 is 1.26 bits per heavy atom. The van der Waals surface area contributed by atoms with Crippen molar-refractivity contribution in [2.24, 2.45) is 0 Å². The summed E-state index contributed by atoms with van der Waals surface area (Å²) in [6, 6.07) is 8.26. The van der Waals surface area contributed by atoms with Crippen LogP contribution in [0.3, 0.4) is 0 Å². The molecule has 2 aromatic rings. The molecule has 2 rings (SSSR count). The Kier molecular flexibility index (Phi) is 5.00. The lowest BCUT2D eigenvalue weighted by molar-refractivity contribution is 0.609. The minimum absolute atomic E-state index is 0.808. The summed E-state index contributed by atoms with van der Waals surface area (Å²) in [5.74, 6) is 0. The molecule has 4 heteroatoms. The first-order valence-electron chi connectivity index (χ1n) is 6.77. The molecule has 0 aliphatic heterocycles. The van der Waals surface area contributed by atoms with Gasteiger partial charge < -0.3 is 5.32 Å². The second-order valence-corrected chi connectivity index (χ2v) is 4.93. The number of halogens is 1. The molecule has 0 amide bonds. The smallest absolute Gasteiger partial charge is 0.0682 e. The predicted octanol–water partition coefficient (Wildman–Crippen LogP) is 3.72. The quantitative estimate of drug-likeness (QED) is 0.872. The van der Waals surface area contributed by atoms with Crippen molar-refractivity contribution >= 4 is 11.6 Å². The minimum Gasteiger partial charge on any atom is -0.313 e. The van der Waals surface area contributed by atoms with Crippen molar-refractivity contribution in [1.29, 1.82) is 0 Å². The standard InChI is InChI=1S/C15H20ClN3/c1-3-9-19-15(7-8-18-19)12-5-6-13(11-17-4-2)14(16)10-12/h5-8,10,17H,3-4,9,11H2,1-2H3. The van der Waals surface area contributed by atoms with Crippen LogP contribution in [0.15, 0.2) is 30.5 Å². The summed E-state index contributed by atoms with van der Waals surface area (Å²) < 4.78 is 2.02. The highest BCUT2D eigenvalue weighted by Gasteiger charge is 2.07. The monoisotopic (exact) mass is 277 g/mol. The van der Waals surface area contributed by atoms with Crippen LogP contribution >= 0.6 is 11.6 Å². The van der Waals surface area contributed by atoms with E-state index < -0.39 is 0 Å². The molecular weight excluding hydrogens is 258 g/mol. The molecule has 0 atom stereocenters. The summed E-state index contributed by atoms with van der Waals surface area (Å²) in [6.45, 7) is 6.92. The summed E-state index contributed by atoms with van der Waals surface area (Å²) >= 11 is 6.34. The van der Waals surface area contributed by atoms with Crippen LogP contribution in [0.1, 0.15) is 25.8 Å². The number of nitrogens with zero attached hydrogens (tertiary/aromatic N) is 2. The fourth-order valence-corrected chi connectivity index (χ4v) is 2.32. The number of hydrogen-bond donors (Lipinski definition) is 1. The molecule has 19 heavy (non-hydrogen) atoms. The Bertz CT molecular complexity index is 534. The number of rotatable bonds is 6. The zero-order chi connectivity index (χ0) is 13.7. The van der Waals surface area contributed by atoms with E-state index >= 15 is 0 Å². The third-order valence-electron chi connectivity index (χ3n) is 3.07. The van der Waals surface area contributed by atoms with Crippen LogP contribution in [0.5, 0.6) is 0 Å². The van der Waals surface area contributed by atoms with E-state index in [1.807, 2.05) is 23.0 Å². The molecule has 3 nitrogen and oxygen atoms in total. The average molecular weight is 278 g/mol. The highest BCUT2D eigenvalue weighted by Crippen LogP contribution is 2.25. The summed E-state index contributed by atoms with van der Waals surface area (Å²) in [4.78, 5) is 0. The molecule has 0 fully saturated rings. The zero-order valence-corrected chi connectivity index (χ0v) is 12.2. The molecule has 0 aliphatic carbocycles. The van der Waals surface area contributed by atoms with Gasteiger partial charge in [0.25, 0.3) is 0 Å². The lowest BCUT2D eigenvalue weighted by Crippen LogP contribution is -2.12. The molecule has 0 bridgehead atoms. The number of aryl methyl sites for hydroxylation is 1. The Hall–Kier alpha value is -1.32. The summed E-state index contributed by atoms with van der Waals surface area (Å²) in [6.07, 6.45) is 2.91. The maximum absolute atomic E-state index is 6.34. The molecule has 0 unspecified atom stereocenters. The number of aromatic nitrogens is 2. The lowest BCUT2D eigenvalue weighted by Gasteiger charge is -2.09. The van der Waals surface area contributed by atoms with Gasteiger partial charge in [0, 0.05) is 29.9 Å². The third kappa shape index (κ3) is 3.37. The van der Waals surface area contributed by atoms with Crippen LogP contribution in [0.4, 0.5) is 0 Å². The SMILES string of the molecule is CCCn1nccc1-c1ccc(CNCC)c(Cl)c1. The second kappa shape index (κ2) is 6.73. The van der Waals surface area contributed by atoms with E-state index in [9.17, 15) is 0 Å². The first-order valence-corrected chi connectivity index (χ1v) is 7.15. The fourth-order valence-electron chi connectivity index (χ4n) is 2.08. The van der Waals surface area contributed by atoms with Crippen molar-refractivity contribution in [2.45, 2.75) is 33.4 Å². The third-order valence-corrected chi connectivity index (χ3v) is 3.42. The van der Waals surface area contributed by atoms with Crippen LogP contribution in [-0.4, -0.2) is 16.3 Å². The summed E-state index contributed by atoms with van der Waals surface area (Å²) in [5.41, 5.74) is 3.38. The van der Waals surface area contributed by atoms with Gasteiger partial charge in [0.05, 0.1) is 5.69 Å². The van der Waals surface area contributed by atoms with Crippen molar-refractivity contribution in [3.63, 3.8) is 0 Å². The Morgan fingerprint density at radius 3 is 2.79 bits per heavy atom. The Labute approximate surface area is 119 Å². The highest BCUT2D eigenvalue weighted by atomic mass is 35.5. The maximum Gasteiger partial charge on any atom is 0.0682 e. The first kappa shape index (κ1) is 14.1. The maximum atomic E-state index is 6.34. The van der Waals surface area contributed by atoms with E-state index in [4.69, 9.17) is 11.6 Å². The molecule has 0 spiro atoms. The van der Waals surface area contributed by atoms with Gasteiger partial charge in [-0.3, -0.25) is 4.68 Å². The van der Waals surface area contributed by atoms with Gasteiger partial charge in [-0.2, -0.15) is 5.10 Å². The van der Waals surface area contributed by atoms with E-state index in [0.29, 0.717) is 0 Å². The van der Waals surface area contributed by atoms with Gasteiger partial charge in [0.2, 0.25) is 0 Å². The van der Waals surface area contributed by atoms with Crippen molar-refractivity contribution in [3.05, 3.63) is 41.0 Å². The van der Waals surface area contributed by atoms with Gasteiger partial charge in [-0.1, -0.05) is 37.6 Å². The van der Waals surface area contributed by atoms with Crippen molar-refractivity contribution < 1.29 is 0 Å². The van der Waals surface area contributed by atoms with Crippen LogP contribution in [0, 0.1) is 0 Å². The zero-order valence-electron chi connectivity index (χ0n) is 11.5. The van der Waals surface area contributed by atoms with E-state index in [1.165, 1.54) is 0 Å². The molecule has 102 valence electrons. The first-order chi connectivity index (χ1) is 9.26. The Balaban J connectivity index is 2.25. The molecule has 1 heterocycles. The number of hydrogen-bond acceptors (Lipinski definition) is 2. The molecule has 1 aromatic carbocycles. The van der Waals surface area contributed by atoms with E-state index in [-0.39, 0.29) is 0 Å². The van der Waals surface area contributed by atoms with Gasteiger partial charge >= 0.3 is 0 Å². The molecule has 1 aromatic heterocycles. The lowest BCUT2D eigenvalue weighted by atomic mass is 10.1. The van der Waals surface area contributed by atoms with Crippen LogP contribution < -0.4 is 5.32 Å². The van der Waals surface area contributed by atoms with Crippen molar-refractivity contribution in [3.8, 4) is 11.3 Å². The van der Waals surface area contributed by atoms with Gasteiger partial charge in [0.15, 0.2) is 0 Å². The van der Waals surface area contributed by atoms with Gasteiger partial charge in [-0.25, -0.2) is 0 Å². The van der Waals surface area contributed by atoms with Gasteiger partial charge in [0.1, 0.15) is 0 Å². The normalized spacial score (nSPS) is 10.9. The van der Waals surface area contributed by atoms with Crippen LogP contribution in [0.25, 0.3) is 11.3 Å². The predicted molar refractivity (Wildman–Crippen MR) is 80.3 cm³/mol. The van der Waals surface area contributed by atoms with Crippen molar-refractivity contribution in [1.82, 2.24) is 15.1 Å². The average Bonchev–Trinajstić information content (AvgIpc) is 2.86. The Morgan fingerprint density at radius 2 is 2.11 bits per heavy atom. The topological polar surface area (TPSA) is 29.9 Å². The fraction of sp³-hybridized carbons (Fsp3) is 0.400. The second-order valence-electron chi connectivity index (χ2n) is 4.53. The van der Waals surface area contributed by atoms with E-state index in [0.717, 1.165) is 47.9 Å². The summed E-state index contributed by atoms with van der Waals surface area (Å²) in [5, 5.41) is 8.44. The highest BCUT2D eigenvalue weighted by molar-refractivity contribution is 6.31. The van der Waals surface area contributed by atoms with Gasteiger partial charge in [-0.05, 0) is 30.7 Å². The van der Waals surface area contributed by atoms with E-state index in [2.05, 4.69) is 36.4 Å². The molecule has 1 N–H and O–H groups in total.